The van der Waals surface area contributed by atoms with Crippen molar-refractivity contribution in [2.24, 2.45) is 57.5 Å². The normalized spacial score (nSPS) is 25.7. The molecule has 0 spiro atoms. The van der Waals surface area contributed by atoms with Crippen LogP contribution in [-0.2, 0) is 58.2 Å². The van der Waals surface area contributed by atoms with Gasteiger partial charge >= 0.3 is 23.9 Å². The topological polar surface area (TPSA) is 222 Å². The van der Waals surface area contributed by atoms with Gasteiger partial charge in [-0.3, -0.25) is 19.2 Å². The molecule has 2 aromatic carbocycles. The molecule has 0 heterocycles. The first-order chi connectivity index (χ1) is 25.6. The highest BCUT2D eigenvalue weighted by Gasteiger charge is 2.74. The zero-order valence-corrected chi connectivity index (χ0v) is 32.3. The Hall–Kier alpha value is -4.84. The highest BCUT2D eigenvalue weighted by atomic mass is 32.2. The standard InChI is InChI=1S/C36H44N4O12S2/c1-7-49-33(41)27-23-24(28(27)34(42)50-8-2)32(38-40-54(47,48)22-17-13-20(6)14-18-22)26-25(29(35(43)51-9-3)30(26)36(44)52-10-4)31(23)37-39-53(45,46)21-15-11-19(5)12-16-21/h11-18,23-30,39-40H,7-10H2,1-6H3. The fourth-order valence-electron chi connectivity index (χ4n) is 7.60. The molecule has 8 unspecified atom stereocenters. The van der Waals surface area contributed by atoms with Crippen LogP contribution < -0.4 is 9.66 Å². The van der Waals surface area contributed by atoms with Crippen LogP contribution in [0.4, 0.5) is 0 Å². The second-order valence-corrected chi connectivity index (χ2v) is 16.4. The molecule has 0 aliphatic heterocycles. The van der Waals surface area contributed by atoms with E-state index in [1.54, 1.807) is 65.8 Å². The summed E-state index contributed by atoms with van der Waals surface area (Å²) in [5.74, 6) is -13.3. The van der Waals surface area contributed by atoms with Gasteiger partial charge in [0.15, 0.2) is 0 Å². The van der Waals surface area contributed by atoms with Crippen molar-refractivity contribution in [1.29, 1.82) is 0 Å². The number of esters is 4. The molecule has 18 heteroatoms. The maximum absolute atomic E-state index is 13.7. The molecule has 292 valence electrons. The first-order valence-electron chi connectivity index (χ1n) is 17.6. The van der Waals surface area contributed by atoms with Crippen LogP contribution in [0.25, 0.3) is 0 Å². The van der Waals surface area contributed by atoms with Gasteiger partial charge in [-0.25, -0.2) is 9.66 Å². The summed E-state index contributed by atoms with van der Waals surface area (Å²) in [5, 5.41) is 8.70. The van der Waals surface area contributed by atoms with Crippen molar-refractivity contribution in [3.8, 4) is 0 Å². The third-order valence-corrected chi connectivity index (χ3v) is 12.4. The van der Waals surface area contributed by atoms with Gasteiger partial charge in [-0.2, -0.15) is 27.0 Å². The molecule has 2 aromatic rings. The zero-order valence-electron chi connectivity index (χ0n) is 30.7. The number of benzene rings is 2. The van der Waals surface area contributed by atoms with E-state index in [1.807, 2.05) is 0 Å². The fourth-order valence-corrected chi connectivity index (χ4v) is 9.25. The number of hydrazone groups is 2. The van der Waals surface area contributed by atoms with Crippen molar-refractivity contribution in [3.05, 3.63) is 59.7 Å². The monoisotopic (exact) mass is 788 g/mol. The van der Waals surface area contributed by atoms with Crippen LogP contribution in [0.2, 0.25) is 0 Å². The number of sulfonamides is 2. The van der Waals surface area contributed by atoms with E-state index < -0.39 is 91.3 Å². The molecule has 0 amide bonds. The quantitative estimate of drug-likeness (QED) is 0.160. The Morgan fingerprint density at radius 3 is 0.963 bits per heavy atom. The average molecular weight is 789 g/mol. The maximum atomic E-state index is 13.7. The van der Waals surface area contributed by atoms with E-state index in [4.69, 9.17) is 18.9 Å². The Morgan fingerprint density at radius 1 is 0.500 bits per heavy atom. The van der Waals surface area contributed by atoms with Gasteiger partial charge in [-0.05, 0) is 65.8 Å². The molecule has 3 saturated carbocycles. The van der Waals surface area contributed by atoms with E-state index in [1.165, 1.54) is 24.3 Å². The Morgan fingerprint density at radius 2 is 0.741 bits per heavy atom. The summed E-state index contributed by atoms with van der Waals surface area (Å²) in [4.78, 5) is 58.9. The summed E-state index contributed by atoms with van der Waals surface area (Å²) in [6, 6.07) is 11.9. The number of nitrogens with one attached hydrogen (secondary N) is 2. The lowest BCUT2D eigenvalue weighted by Gasteiger charge is -2.62. The van der Waals surface area contributed by atoms with Gasteiger partial charge < -0.3 is 18.9 Å². The number of carbonyl (C=O) groups is 4. The van der Waals surface area contributed by atoms with Gasteiger partial charge in [0.1, 0.15) is 0 Å². The van der Waals surface area contributed by atoms with Crippen molar-refractivity contribution in [2.75, 3.05) is 26.4 Å². The Balaban J connectivity index is 1.74. The lowest BCUT2D eigenvalue weighted by molar-refractivity contribution is -0.180. The van der Waals surface area contributed by atoms with Crippen molar-refractivity contribution in [1.82, 2.24) is 9.66 Å². The molecule has 16 nitrogen and oxygen atoms in total. The minimum atomic E-state index is -4.33. The Bertz CT molecular complexity index is 1840. The average Bonchev–Trinajstić information content (AvgIpc) is 3.09. The summed E-state index contributed by atoms with van der Waals surface area (Å²) in [6.45, 7) is 9.52. The minimum Gasteiger partial charge on any atom is -0.466 e. The molecule has 0 radical (unpaired) electrons. The molecule has 3 aliphatic rings. The highest BCUT2D eigenvalue weighted by Crippen LogP contribution is 2.63. The van der Waals surface area contributed by atoms with Crippen LogP contribution in [0.5, 0.6) is 0 Å². The number of hydrogen-bond acceptors (Lipinski definition) is 14. The summed E-state index contributed by atoms with van der Waals surface area (Å²) < 4.78 is 75.6. The van der Waals surface area contributed by atoms with Crippen molar-refractivity contribution >= 4 is 55.3 Å². The molecule has 54 heavy (non-hydrogen) atoms. The maximum Gasteiger partial charge on any atom is 0.310 e. The van der Waals surface area contributed by atoms with Crippen LogP contribution in [-0.4, -0.2) is 78.6 Å². The molecule has 0 saturated heterocycles. The molecule has 0 bridgehead atoms. The van der Waals surface area contributed by atoms with Crippen molar-refractivity contribution < 1.29 is 55.0 Å². The van der Waals surface area contributed by atoms with E-state index in [0.29, 0.717) is 0 Å². The third kappa shape index (κ3) is 7.58. The lowest BCUT2D eigenvalue weighted by Crippen LogP contribution is -2.74. The van der Waals surface area contributed by atoms with E-state index >= 15 is 0 Å². The zero-order chi connectivity index (χ0) is 39.5. The van der Waals surface area contributed by atoms with Crippen molar-refractivity contribution in [3.63, 3.8) is 0 Å². The Kier molecular flexibility index (Phi) is 12.1. The number of ether oxygens (including phenoxy) is 4. The fraction of sp³-hybridized carbons (Fsp3) is 0.500. The molecular formula is C36H44N4O12S2. The van der Waals surface area contributed by atoms with Crippen LogP contribution in [0.15, 0.2) is 68.5 Å². The van der Waals surface area contributed by atoms with Crippen LogP contribution in [0, 0.1) is 61.2 Å². The van der Waals surface area contributed by atoms with Crippen molar-refractivity contribution in [2.45, 2.75) is 51.3 Å². The third-order valence-electron chi connectivity index (χ3n) is 9.95. The second-order valence-electron chi connectivity index (χ2n) is 13.1. The van der Waals surface area contributed by atoms with Crippen LogP contribution in [0.3, 0.4) is 0 Å². The summed E-state index contributed by atoms with van der Waals surface area (Å²) >= 11 is 0. The minimum absolute atomic E-state index is 0.0433. The summed E-state index contributed by atoms with van der Waals surface area (Å²) in [7, 11) is -8.67. The van der Waals surface area contributed by atoms with Gasteiger partial charge in [0.25, 0.3) is 20.0 Å². The number of aryl methyl sites for hydroxylation is 2. The molecule has 0 aromatic heterocycles. The molecule has 5 rings (SSSR count). The van der Waals surface area contributed by atoms with E-state index in [0.717, 1.165) is 11.1 Å². The van der Waals surface area contributed by atoms with Crippen LogP contribution >= 0.6 is 0 Å². The van der Waals surface area contributed by atoms with E-state index in [9.17, 15) is 36.0 Å². The summed E-state index contributed by atoms with van der Waals surface area (Å²) in [5.41, 5.74) is 1.52. The van der Waals surface area contributed by atoms with Crippen LogP contribution in [0.1, 0.15) is 38.8 Å². The molecule has 8 atom stereocenters. The summed E-state index contributed by atoms with van der Waals surface area (Å²) in [6.07, 6.45) is 0. The number of nitrogens with zero attached hydrogens (tertiary/aromatic N) is 2. The molecule has 3 aliphatic carbocycles. The van der Waals surface area contributed by atoms with Gasteiger partial charge in [0, 0.05) is 35.1 Å². The number of rotatable bonds is 14. The predicted octanol–water partition coefficient (Wildman–Crippen LogP) is 2.50. The molecule has 2 N–H and O–H groups in total. The lowest BCUT2D eigenvalue weighted by atomic mass is 9.39. The second kappa shape index (κ2) is 16.3. The number of carbonyl (C=O) groups excluding carboxylic acids is 4. The largest absolute Gasteiger partial charge is 0.466 e. The highest BCUT2D eigenvalue weighted by molar-refractivity contribution is 7.89. The van der Waals surface area contributed by atoms with Gasteiger partial charge in [0.2, 0.25) is 0 Å². The number of hydrogen-bond donors (Lipinski definition) is 2. The predicted molar refractivity (Wildman–Crippen MR) is 192 cm³/mol. The molecule has 3 fully saturated rings. The number of fused-ring (bicyclic) bond motifs is 2. The first kappa shape index (κ1) is 40.3. The SMILES string of the molecule is CCOC(=O)C1C(C(=O)OCC)C2C(=NNS(=O)(=O)c3ccc(C)cc3)C3C(C(=O)OCC)C(C(=O)OCC)C3C(=NNS(=O)(=O)c3ccc(C)cc3)C12. The smallest absolute Gasteiger partial charge is 0.310 e. The van der Waals surface area contributed by atoms with Gasteiger partial charge in [-0.1, -0.05) is 35.4 Å². The first-order valence-corrected chi connectivity index (χ1v) is 20.6. The molecular weight excluding hydrogens is 745 g/mol. The van der Waals surface area contributed by atoms with Gasteiger partial charge in [0.05, 0.1) is 59.9 Å². The Labute approximate surface area is 314 Å². The van der Waals surface area contributed by atoms with E-state index in [-0.39, 0.29) is 47.6 Å². The van der Waals surface area contributed by atoms with Gasteiger partial charge in [-0.15, -0.1) is 0 Å². The van der Waals surface area contributed by atoms with E-state index in [2.05, 4.69) is 19.9 Å².